The number of pyridine rings is 1. The van der Waals surface area contributed by atoms with Crippen molar-refractivity contribution in [2.45, 2.75) is 31.9 Å². The van der Waals surface area contributed by atoms with Gasteiger partial charge in [0.2, 0.25) is 11.8 Å². The monoisotopic (exact) mass is 384 g/mol. The zero-order valence-corrected chi connectivity index (χ0v) is 16.0. The van der Waals surface area contributed by atoms with E-state index in [2.05, 4.69) is 30.2 Å². The third kappa shape index (κ3) is 3.71. The van der Waals surface area contributed by atoms with Gasteiger partial charge in [0, 0.05) is 60.3 Å². The Hall–Kier alpha value is -3.61. The molecule has 0 atom stereocenters. The van der Waals surface area contributed by atoms with Gasteiger partial charge < -0.3 is 10.1 Å². The van der Waals surface area contributed by atoms with E-state index in [1.54, 1.807) is 18.6 Å². The summed E-state index contributed by atoms with van der Waals surface area (Å²) in [6.07, 6.45) is 8.77. The number of para-hydroxylation sites is 1. The number of nitrogens with zero attached hydrogens (tertiary/aromatic N) is 5. The smallest absolute Gasteiger partial charge is 0.240 e. The molecule has 5 rings (SSSR count). The minimum absolute atomic E-state index is 0.0850. The molecule has 1 aliphatic rings. The van der Waals surface area contributed by atoms with Crippen molar-refractivity contribution in [1.82, 2.24) is 24.9 Å². The molecule has 1 N–H and O–H groups in total. The van der Waals surface area contributed by atoms with E-state index in [1.807, 2.05) is 49.5 Å². The van der Waals surface area contributed by atoms with Crippen LogP contribution in [0.3, 0.4) is 0 Å². The van der Waals surface area contributed by atoms with Crippen LogP contribution in [-0.4, -0.2) is 37.1 Å². The Morgan fingerprint density at radius 3 is 2.66 bits per heavy atom. The molecule has 0 saturated heterocycles. The maximum absolute atomic E-state index is 6.12. The van der Waals surface area contributed by atoms with Gasteiger partial charge in [-0.05, 0) is 25.1 Å². The van der Waals surface area contributed by atoms with Gasteiger partial charge in [-0.3, -0.25) is 4.98 Å². The fraction of sp³-hybridized carbons (Fsp3) is 0.227. The molecule has 7 heteroatoms. The van der Waals surface area contributed by atoms with Gasteiger partial charge in [0.25, 0.3) is 0 Å². The van der Waals surface area contributed by atoms with Crippen LogP contribution in [0.2, 0.25) is 0 Å². The molecular weight excluding hydrogens is 364 g/mol. The number of fused-ring (bicyclic) bond motifs is 1. The Morgan fingerprint density at radius 2 is 1.79 bits per heavy atom. The summed E-state index contributed by atoms with van der Waals surface area (Å²) < 4.78 is 6.12. The SMILES string of the molecule is Cc1ccc(-c2nccnc2OC2CC(Nc3ncc4ccccc4n3)C2)cn1. The topological polar surface area (TPSA) is 85.7 Å². The number of hydrogen-bond donors (Lipinski definition) is 1. The molecule has 1 fully saturated rings. The van der Waals surface area contributed by atoms with E-state index in [1.165, 1.54) is 0 Å². The second-order valence-corrected chi connectivity index (χ2v) is 7.20. The highest BCUT2D eigenvalue weighted by molar-refractivity contribution is 5.78. The van der Waals surface area contributed by atoms with Crippen LogP contribution in [0.1, 0.15) is 18.5 Å². The average Bonchev–Trinajstić information content (AvgIpc) is 2.73. The molecule has 144 valence electrons. The van der Waals surface area contributed by atoms with Crippen LogP contribution >= 0.6 is 0 Å². The molecule has 7 nitrogen and oxygen atoms in total. The van der Waals surface area contributed by atoms with E-state index >= 15 is 0 Å². The molecule has 1 saturated carbocycles. The Bertz CT molecular complexity index is 1140. The van der Waals surface area contributed by atoms with Crippen LogP contribution in [0.5, 0.6) is 5.88 Å². The predicted molar refractivity (Wildman–Crippen MR) is 111 cm³/mol. The molecule has 0 bridgehead atoms. The summed E-state index contributed by atoms with van der Waals surface area (Å²) in [7, 11) is 0. The van der Waals surface area contributed by atoms with E-state index in [0.29, 0.717) is 17.5 Å². The molecule has 29 heavy (non-hydrogen) atoms. The van der Waals surface area contributed by atoms with Gasteiger partial charge in [-0.1, -0.05) is 18.2 Å². The highest BCUT2D eigenvalue weighted by Crippen LogP contribution is 2.31. The van der Waals surface area contributed by atoms with Crippen LogP contribution in [0.25, 0.3) is 22.2 Å². The van der Waals surface area contributed by atoms with Crippen molar-refractivity contribution < 1.29 is 4.74 Å². The van der Waals surface area contributed by atoms with Crippen LogP contribution < -0.4 is 10.1 Å². The van der Waals surface area contributed by atoms with Crippen LogP contribution in [0.4, 0.5) is 5.95 Å². The molecular formula is C22H20N6O. The Morgan fingerprint density at radius 1 is 0.931 bits per heavy atom. The normalized spacial score (nSPS) is 18.2. The lowest BCUT2D eigenvalue weighted by molar-refractivity contribution is 0.103. The highest BCUT2D eigenvalue weighted by atomic mass is 16.5. The Kier molecular flexibility index (Phi) is 4.48. The first-order chi connectivity index (χ1) is 14.2. The second-order valence-electron chi connectivity index (χ2n) is 7.20. The number of aryl methyl sites for hydroxylation is 1. The zero-order valence-electron chi connectivity index (χ0n) is 16.0. The fourth-order valence-corrected chi connectivity index (χ4v) is 3.38. The summed E-state index contributed by atoms with van der Waals surface area (Å²) in [6.45, 7) is 1.96. The first-order valence-corrected chi connectivity index (χ1v) is 9.63. The summed E-state index contributed by atoms with van der Waals surface area (Å²) in [4.78, 5) is 22.2. The molecule has 0 radical (unpaired) electrons. The molecule has 1 aromatic carbocycles. The van der Waals surface area contributed by atoms with E-state index in [0.717, 1.165) is 35.0 Å². The lowest BCUT2D eigenvalue weighted by Gasteiger charge is -2.35. The van der Waals surface area contributed by atoms with Crippen LogP contribution in [-0.2, 0) is 0 Å². The minimum atomic E-state index is 0.0850. The average molecular weight is 384 g/mol. The number of nitrogens with one attached hydrogen (secondary N) is 1. The first kappa shape index (κ1) is 17.5. The van der Waals surface area contributed by atoms with Gasteiger partial charge in [0.1, 0.15) is 11.8 Å². The van der Waals surface area contributed by atoms with Gasteiger partial charge in [-0.15, -0.1) is 0 Å². The lowest BCUT2D eigenvalue weighted by atomic mass is 9.89. The second kappa shape index (κ2) is 7.43. The predicted octanol–water partition coefficient (Wildman–Crippen LogP) is 3.81. The maximum Gasteiger partial charge on any atom is 0.240 e. The van der Waals surface area contributed by atoms with Gasteiger partial charge in [-0.25, -0.2) is 19.9 Å². The number of hydrogen-bond acceptors (Lipinski definition) is 7. The summed E-state index contributed by atoms with van der Waals surface area (Å²) in [5.74, 6) is 1.20. The number of anilines is 1. The third-order valence-corrected chi connectivity index (χ3v) is 5.04. The van der Waals surface area contributed by atoms with Crippen molar-refractivity contribution in [2.75, 3.05) is 5.32 Å². The molecule has 3 aromatic heterocycles. The fourth-order valence-electron chi connectivity index (χ4n) is 3.38. The van der Waals surface area contributed by atoms with E-state index in [4.69, 9.17) is 4.74 Å². The third-order valence-electron chi connectivity index (χ3n) is 5.04. The number of aromatic nitrogens is 5. The van der Waals surface area contributed by atoms with Crippen molar-refractivity contribution in [3.8, 4) is 17.1 Å². The van der Waals surface area contributed by atoms with Crippen molar-refractivity contribution >= 4 is 16.9 Å². The van der Waals surface area contributed by atoms with Gasteiger partial charge in [0.15, 0.2) is 0 Å². The maximum atomic E-state index is 6.12. The molecule has 1 aliphatic carbocycles. The standard InChI is InChI=1S/C22H20N6O/c1-14-6-7-16(13-25-14)20-21(24-9-8-23-20)29-18-10-17(11-18)27-22-26-12-15-4-2-3-5-19(15)28-22/h2-9,12-13,17-18H,10-11H2,1H3,(H,26,27,28). The molecule has 0 amide bonds. The summed E-state index contributed by atoms with van der Waals surface area (Å²) in [5.41, 5.74) is 3.52. The molecule has 0 aliphatic heterocycles. The van der Waals surface area contributed by atoms with Crippen molar-refractivity contribution in [2.24, 2.45) is 0 Å². The van der Waals surface area contributed by atoms with Gasteiger partial charge in [-0.2, -0.15) is 0 Å². The highest BCUT2D eigenvalue weighted by Gasteiger charge is 2.32. The number of benzene rings is 1. The molecule has 0 spiro atoms. The molecule has 0 unspecified atom stereocenters. The lowest BCUT2D eigenvalue weighted by Crippen LogP contribution is -2.43. The minimum Gasteiger partial charge on any atom is -0.473 e. The largest absolute Gasteiger partial charge is 0.473 e. The van der Waals surface area contributed by atoms with Gasteiger partial charge in [0.05, 0.1) is 5.52 Å². The van der Waals surface area contributed by atoms with Gasteiger partial charge >= 0.3 is 0 Å². The summed E-state index contributed by atoms with van der Waals surface area (Å²) >= 11 is 0. The van der Waals surface area contributed by atoms with E-state index in [9.17, 15) is 0 Å². The van der Waals surface area contributed by atoms with E-state index < -0.39 is 0 Å². The Balaban J connectivity index is 1.23. The molecule has 3 heterocycles. The van der Waals surface area contributed by atoms with Crippen LogP contribution in [0.15, 0.2) is 61.2 Å². The summed E-state index contributed by atoms with van der Waals surface area (Å²) in [6, 6.07) is 12.2. The van der Waals surface area contributed by atoms with Crippen LogP contribution in [0, 0.1) is 6.92 Å². The number of rotatable bonds is 5. The van der Waals surface area contributed by atoms with Crippen molar-refractivity contribution in [3.05, 3.63) is 66.9 Å². The molecule has 4 aromatic rings. The van der Waals surface area contributed by atoms with E-state index in [-0.39, 0.29) is 12.1 Å². The first-order valence-electron chi connectivity index (χ1n) is 9.63. The zero-order chi connectivity index (χ0) is 19.6. The number of ether oxygens (including phenoxy) is 1. The van der Waals surface area contributed by atoms with Crippen molar-refractivity contribution in [1.29, 1.82) is 0 Å². The Labute approximate surface area is 168 Å². The summed E-state index contributed by atoms with van der Waals surface area (Å²) in [5, 5.41) is 4.43. The quantitative estimate of drug-likeness (QED) is 0.560. The van der Waals surface area contributed by atoms with Crippen molar-refractivity contribution in [3.63, 3.8) is 0 Å².